The van der Waals surface area contributed by atoms with Gasteiger partial charge in [-0.25, -0.2) is 4.79 Å². The molecular weight excluding hydrogens is 262 g/mol. The van der Waals surface area contributed by atoms with Crippen LogP contribution in [0.5, 0.6) is 0 Å². The molecule has 0 aliphatic heterocycles. The first kappa shape index (κ1) is 14.2. The third kappa shape index (κ3) is 3.87. The minimum absolute atomic E-state index is 0.0146. The van der Waals surface area contributed by atoms with Gasteiger partial charge in [0.1, 0.15) is 6.10 Å². The molecular formula is C15H20ClNO2. The van der Waals surface area contributed by atoms with Crippen LogP contribution in [-0.4, -0.2) is 12.1 Å². The second kappa shape index (κ2) is 5.41. The number of ether oxygens (including phenoxy) is 1. The van der Waals surface area contributed by atoms with Crippen molar-refractivity contribution < 1.29 is 9.53 Å². The summed E-state index contributed by atoms with van der Waals surface area (Å²) in [5, 5.41) is 0.455. The van der Waals surface area contributed by atoms with Gasteiger partial charge in [-0.2, -0.15) is 0 Å². The Hall–Kier alpha value is -1.22. The number of anilines is 1. The molecule has 0 amide bonds. The van der Waals surface area contributed by atoms with Crippen LogP contribution >= 0.6 is 11.6 Å². The van der Waals surface area contributed by atoms with Crippen LogP contribution in [0.25, 0.3) is 0 Å². The monoisotopic (exact) mass is 281 g/mol. The molecule has 0 spiro atoms. The van der Waals surface area contributed by atoms with Crippen molar-refractivity contribution >= 4 is 23.3 Å². The van der Waals surface area contributed by atoms with Gasteiger partial charge in [0.15, 0.2) is 0 Å². The van der Waals surface area contributed by atoms with Crippen molar-refractivity contribution in [1.82, 2.24) is 0 Å². The molecule has 3 nitrogen and oxygen atoms in total. The second-order valence-corrected chi connectivity index (χ2v) is 6.48. The number of benzene rings is 1. The van der Waals surface area contributed by atoms with E-state index >= 15 is 0 Å². The molecule has 1 aromatic rings. The van der Waals surface area contributed by atoms with Gasteiger partial charge in [0.2, 0.25) is 0 Å². The molecule has 1 aliphatic rings. The molecule has 0 saturated heterocycles. The summed E-state index contributed by atoms with van der Waals surface area (Å²) in [6.07, 6.45) is 4.04. The van der Waals surface area contributed by atoms with E-state index in [0.29, 0.717) is 21.7 Å². The van der Waals surface area contributed by atoms with Crippen molar-refractivity contribution in [2.75, 3.05) is 5.73 Å². The summed E-state index contributed by atoms with van der Waals surface area (Å²) in [7, 11) is 0. The van der Waals surface area contributed by atoms with Crippen molar-refractivity contribution in [3.8, 4) is 0 Å². The first-order valence-electron chi connectivity index (χ1n) is 6.63. The Labute approximate surface area is 119 Å². The highest BCUT2D eigenvalue weighted by Gasteiger charge is 2.29. The van der Waals surface area contributed by atoms with Crippen molar-refractivity contribution in [3.63, 3.8) is 0 Å². The summed E-state index contributed by atoms with van der Waals surface area (Å²) >= 11 is 5.89. The average molecular weight is 282 g/mol. The van der Waals surface area contributed by atoms with Crippen LogP contribution in [0.1, 0.15) is 49.9 Å². The Kier molecular flexibility index (Phi) is 4.04. The van der Waals surface area contributed by atoms with Gasteiger partial charge in [0.05, 0.1) is 5.56 Å². The third-order valence-electron chi connectivity index (χ3n) is 3.72. The Bertz CT molecular complexity index is 455. The largest absolute Gasteiger partial charge is 0.459 e. The molecule has 0 unspecified atom stereocenters. The lowest BCUT2D eigenvalue weighted by atomic mass is 9.76. The highest BCUT2D eigenvalue weighted by molar-refractivity contribution is 6.31. The molecule has 104 valence electrons. The number of carbonyl (C=O) groups is 1. The predicted octanol–water partition coefficient (Wildman–Crippen LogP) is 4.05. The number of halogens is 1. The Morgan fingerprint density at radius 2 is 1.95 bits per heavy atom. The molecule has 1 saturated carbocycles. The number of nitrogen functional groups attached to an aromatic ring is 1. The minimum Gasteiger partial charge on any atom is -0.459 e. The lowest BCUT2D eigenvalue weighted by Crippen LogP contribution is -2.28. The van der Waals surface area contributed by atoms with Crippen molar-refractivity contribution in [2.24, 2.45) is 5.41 Å². The zero-order chi connectivity index (χ0) is 14.0. The number of hydrogen-bond donors (Lipinski definition) is 1. The highest BCUT2D eigenvalue weighted by atomic mass is 35.5. The molecule has 1 fully saturated rings. The molecule has 0 bridgehead atoms. The van der Waals surface area contributed by atoms with Crippen LogP contribution in [0.3, 0.4) is 0 Å². The summed E-state index contributed by atoms with van der Waals surface area (Å²) in [5.41, 5.74) is 6.94. The second-order valence-electron chi connectivity index (χ2n) is 6.04. The van der Waals surface area contributed by atoms with Crippen LogP contribution < -0.4 is 5.73 Å². The predicted molar refractivity (Wildman–Crippen MR) is 77.3 cm³/mol. The van der Waals surface area contributed by atoms with E-state index in [1.165, 1.54) is 0 Å². The van der Waals surface area contributed by atoms with E-state index in [0.717, 1.165) is 25.7 Å². The number of rotatable bonds is 2. The first-order valence-corrected chi connectivity index (χ1v) is 7.01. The third-order valence-corrected chi connectivity index (χ3v) is 3.93. The van der Waals surface area contributed by atoms with Crippen LogP contribution in [0.4, 0.5) is 5.69 Å². The summed E-state index contributed by atoms with van der Waals surface area (Å²) in [4.78, 5) is 12.0. The van der Waals surface area contributed by atoms with Crippen molar-refractivity contribution in [1.29, 1.82) is 0 Å². The fourth-order valence-corrected chi connectivity index (χ4v) is 2.68. The lowest BCUT2D eigenvalue weighted by molar-refractivity contribution is 0.00952. The summed E-state index contributed by atoms with van der Waals surface area (Å²) in [6.45, 7) is 4.51. The number of hydrogen-bond acceptors (Lipinski definition) is 3. The fourth-order valence-electron chi connectivity index (χ4n) is 2.44. The molecule has 1 aromatic carbocycles. The molecule has 2 rings (SSSR count). The first-order chi connectivity index (χ1) is 8.85. The maximum Gasteiger partial charge on any atom is 0.338 e. The van der Waals surface area contributed by atoms with E-state index < -0.39 is 0 Å². The SMILES string of the molecule is CC1(C)CCC(OC(=O)c2cc(N)cc(Cl)c2)CC1. The van der Waals surface area contributed by atoms with Gasteiger partial charge in [0.25, 0.3) is 0 Å². The number of carbonyl (C=O) groups excluding carboxylic acids is 1. The maximum absolute atomic E-state index is 12.0. The number of nitrogens with two attached hydrogens (primary N) is 1. The number of esters is 1. The lowest BCUT2D eigenvalue weighted by Gasteiger charge is -2.33. The zero-order valence-electron chi connectivity index (χ0n) is 11.4. The standard InChI is InChI=1S/C15H20ClNO2/c1-15(2)5-3-13(4-6-15)19-14(18)10-7-11(16)9-12(17)8-10/h7-9,13H,3-6,17H2,1-2H3. The van der Waals surface area contributed by atoms with Gasteiger partial charge in [-0.3, -0.25) is 0 Å². The summed E-state index contributed by atoms with van der Waals surface area (Å²) < 4.78 is 5.53. The summed E-state index contributed by atoms with van der Waals surface area (Å²) in [5.74, 6) is -0.334. The molecule has 19 heavy (non-hydrogen) atoms. The molecule has 0 atom stereocenters. The van der Waals surface area contributed by atoms with E-state index in [-0.39, 0.29) is 12.1 Å². The Morgan fingerprint density at radius 1 is 1.32 bits per heavy atom. The van der Waals surface area contributed by atoms with Crippen LogP contribution in [0.15, 0.2) is 18.2 Å². The molecule has 0 radical (unpaired) electrons. The summed E-state index contributed by atoms with van der Waals surface area (Å²) in [6, 6.07) is 4.80. The van der Waals surface area contributed by atoms with Gasteiger partial charge in [-0.1, -0.05) is 25.4 Å². The maximum atomic E-state index is 12.0. The van der Waals surface area contributed by atoms with E-state index in [1.807, 2.05) is 0 Å². The van der Waals surface area contributed by atoms with Crippen molar-refractivity contribution in [3.05, 3.63) is 28.8 Å². The molecule has 1 aliphatic carbocycles. The average Bonchev–Trinajstić information content (AvgIpc) is 2.30. The van der Waals surface area contributed by atoms with Crippen LogP contribution in [0.2, 0.25) is 5.02 Å². The van der Waals surface area contributed by atoms with E-state index in [1.54, 1.807) is 18.2 Å². The highest BCUT2D eigenvalue weighted by Crippen LogP contribution is 2.36. The Morgan fingerprint density at radius 3 is 2.53 bits per heavy atom. The fraction of sp³-hybridized carbons (Fsp3) is 0.533. The normalized spacial score (nSPS) is 19.1. The smallest absolute Gasteiger partial charge is 0.338 e. The quantitative estimate of drug-likeness (QED) is 0.657. The van der Waals surface area contributed by atoms with E-state index in [4.69, 9.17) is 22.1 Å². The zero-order valence-corrected chi connectivity index (χ0v) is 12.2. The van der Waals surface area contributed by atoms with Crippen molar-refractivity contribution in [2.45, 2.75) is 45.6 Å². The molecule has 0 heterocycles. The Balaban J connectivity index is 1.98. The van der Waals surface area contributed by atoms with Gasteiger partial charge in [-0.05, 0) is 49.3 Å². The van der Waals surface area contributed by atoms with E-state index in [9.17, 15) is 4.79 Å². The molecule has 2 N–H and O–H groups in total. The van der Waals surface area contributed by atoms with E-state index in [2.05, 4.69) is 13.8 Å². The molecule has 4 heteroatoms. The topological polar surface area (TPSA) is 52.3 Å². The van der Waals surface area contributed by atoms with Gasteiger partial charge in [-0.15, -0.1) is 0 Å². The van der Waals surface area contributed by atoms with Gasteiger partial charge >= 0.3 is 5.97 Å². The minimum atomic E-state index is -0.334. The molecule has 0 aromatic heterocycles. The van der Waals surface area contributed by atoms with Gasteiger partial charge in [0, 0.05) is 10.7 Å². The van der Waals surface area contributed by atoms with Gasteiger partial charge < -0.3 is 10.5 Å². The van der Waals surface area contributed by atoms with Crippen LogP contribution in [0, 0.1) is 5.41 Å². The van der Waals surface area contributed by atoms with Crippen LogP contribution in [-0.2, 0) is 4.74 Å².